The zero-order valence-electron chi connectivity index (χ0n) is 10.7. The first kappa shape index (κ1) is 12.5. The number of allylic oxidation sites excluding steroid dienone is 1. The molecule has 0 amide bonds. The molecule has 0 radical (unpaired) electrons. The second-order valence-corrected chi connectivity index (χ2v) is 4.32. The highest BCUT2D eigenvalue weighted by Gasteiger charge is 2.02. The van der Waals surface area contributed by atoms with Gasteiger partial charge in [-0.15, -0.1) is 0 Å². The quantitative estimate of drug-likeness (QED) is 0.725. The van der Waals surface area contributed by atoms with Crippen molar-refractivity contribution in [3.63, 3.8) is 0 Å². The van der Waals surface area contributed by atoms with Gasteiger partial charge in [0.05, 0.1) is 0 Å². The van der Waals surface area contributed by atoms with Gasteiger partial charge in [-0.3, -0.25) is 4.79 Å². The van der Waals surface area contributed by atoms with Crippen LogP contribution in [0.4, 0.5) is 5.69 Å². The number of hydrogen-bond acceptors (Lipinski definition) is 2. The molecule has 0 bridgehead atoms. The average Bonchev–Trinajstić information content (AvgIpc) is 2.16. The van der Waals surface area contributed by atoms with Crippen LogP contribution in [0.1, 0.15) is 25.0 Å². The topological polar surface area (TPSA) is 20.3 Å². The van der Waals surface area contributed by atoms with Crippen LogP contribution in [0, 0.1) is 6.92 Å². The van der Waals surface area contributed by atoms with E-state index < -0.39 is 0 Å². The number of Topliss-reactive ketones (excluding diaryl/α,β-unsaturated/α-hetero) is 1. The van der Waals surface area contributed by atoms with E-state index in [1.165, 1.54) is 11.3 Å². The smallest absolute Gasteiger partial charge is 0.155 e. The largest absolute Gasteiger partial charge is 0.377 e. The SMILES string of the molecule is CC(=O)/C(C)=C\c1ccc(N(C)C)c(C)c1. The molecule has 1 aromatic rings. The standard InChI is InChI=1S/C14H19NO/c1-10(12(3)16)8-13-6-7-14(15(4)5)11(2)9-13/h6-9H,1-5H3/b10-8-. The van der Waals surface area contributed by atoms with Crippen molar-refractivity contribution >= 4 is 17.5 Å². The molecule has 0 atom stereocenters. The van der Waals surface area contributed by atoms with E-state index in [1.807, 2.05) is 33.2 Å². The highest BCUT2D eigenvalue weighted by atomic mass is 16.1. The Labute approximate surface area is 97.6 Å². The van der Waals surface area contributed by atoms with Crippen molar-refractivity contribution < 1.29 is 4.79 Å². The molecule has 0 fully saturated rings. The molecule has 0 heterocycles. The van der Waals surface area contributed by atoms with Crippen molar-refractivity contribution in [3.8, 4) is 0 Å². The Hall–Kier alpha value is -1.57. The molecule has 2 nitrogen and oxygen atoms in total. The van der Waals surface area contributed by atoms with E-state index >= 15 is 0 Å². The third-order valence-electron chi connectivity index (χ3n) is 2.64. The predicted molar refractivity (Wildman–Crippen MR) is 69.8 cm³/mol. The second-order valence-electron chi connectivity index (χ2n) is 4.32. The van der Waals surface area contributed by atoms with Gasteiger partial charge < -0.3 is 4.90 Å². The van der Waals surface area contributed by atoms with Gasteiger partial charge in [-0.1, -0.05) is 6.07 Å². The molecule has 86 valence electrons. The molecule has 0 aliphatic heterocycles. The number of benzene rings is 1. The third kappa shape index (κ3) is 2.96. The van der Waals surface area contributed by atoms with Gasteiger partial charge in [0, 0.05) is 19.8 Å². The second kappa shape index (κ2) is 4.97. The molecule has 0 unspecified atom stereocenters. The number of hydrogen-bond donors (Lipinski definition) is 0. The first-order valence-corrected chi connectivity index (χ1v) is 5.39. The number of ketones is 1. The Balaban J connectivity index is 3.07. The fourth-order valence-corrected chi connectivity index (χ4v) is 1.62. The number of rotatable bonds is 3. The maximum Gasteiger partial charge on any atom is 0.155 e. The number of carbonyl (C=O) groups excluding carboxylic acids is 1. The lowest BCUT2D eigenvalue weighted by molar-refractivity contribution is -0.113. The molecule has 0 aromatic heterocycles. The summed E-state index contributed by atoms with van der Waals surface area (Å²) in [5.41, 5.74) is 4.29. The summed E-state index contributed by atoms with van der Waals surface area (Å²) < 4.78 is 0. The average molecular weight is 217 g/mol. The minimum Gasteiger partial charge on any atom is -0.377 e. The summed E-state index contributed by atoms with van der Waals surface area (Å²) in [6.45, 7) is 5.51. The van der Waals surface area contributed by atoms with Gasteiger partial charge in [-0.05, 0) is 55.7 Å². The molecule has 0 saturated carbocycles. The predicted octanol–water partition coefficient (Wildman–Crippen LogP) is 3.05. The molecule has 1 aromatic carbocycles. The Morgan fingerprint density at radius 3 is 2.31 bits per heavy atom. The summed E-state index contributed by atoms with van der Waals surface area (Å²) in [5, 5.41) is 0. The highest BCUT2D eigenvalue weighted by molar-refractivity contribution is 5.97. The molecule has 1 rings (SSSR count). The van der Waals surface area contributed by atoms with Crippen LogP contribution in [-0.2, 0) is 4.79 Å². The van der Waals surface area contributed by atoms with Crippen LogP contribution in [0.3, 0.4) is 0 Å². The molecular weight excluding hydrogens is 198 g/mol. The lowest BCUT2D eigenvalue weighted by Gasteiger charge is -2.15. The van der Waals surface area contributed by atoms with Crippen molar-refractivity contribution in [2.45, 2.75) is 20.8 Å². The van der Waals surface area contributed by atoms with E-state index in [1.54, 1.807) is 6.92 Å². The summed E-state index contributed by atoms with van der Waals surface area (Å²) in [4.78, 5) is 13.2. The number of nitrogens with zero attached hydrogens (tertiary/aromatic N) is 1. The molecular formula is C14H19NO. The summed E-state index contributed by atoms with van der Waals surface area (Å²) >= 11 is 0. The van der Waals surface area contributed by atoms with Crippen molar-refractivity contribution in [2.75, 3.05) is 19.0 Å². The molecule has 0 spiro atoms. The van der Waals surface area contributed by atoms with Gasteiger partial charge in [0.2, 0.25) is 0 Å². The Morgan fingerprint density at radius 1 is 1.25 bits per heavy atom. The first-order valence-electron chi connectivity index (χ1n) is 5.39. The Morgan fingerprint density at radius 2 is 1.88 bits per heavy atom. The first-order chi connectivity index (χ1) is 7.41. The summed E-state index contributed by atoms with van der Waals surface area (Å²) in [6, 6.07) is 6.21. The maximum atomic E-state index is 11.1. The van der Waals surface area contributed by atoms with Crippen LogP contribution in [0.15, 0.2) is 23.8 Å². The van der Waals surface area contributed by atoms with Crippen LogP contribution in [-0.4, -0.2) is 19.9 Å². The highest BCUT2D eigenvalue weighted by Crippen LogP contribution is 2.20. The van der Waals surface area contributed by atoms with Gasteiger partial charge in [-0.2, -0.15) is 0 Å². The molecule has 0 saturated heterocycles. The fraction of sp³-hybridized carbons (Fsp3) is 0.357. The lowest BCUT2D eigenvalue weighted by atomic mass is 10.1. The van der Waals surface area contributed by atoms with E-state index in [0.29, 0.717) is 0 Å². The fourth-order valence-electron chi connectivity index (χ4n) is 1.62. The summed E-state index contributed by atoms with van der Waals surface area (Å²) in [7, 11) is 4.05. The van der Waals surface area contributed by atoms with Gasteiger partial charge in [-0.25, -0.2) is 0 Å². The number of carbonyl (C=O) groups is 1. The summed E-state index contributed by atoms with van der Waals surface area (Å²) in [6.07, 6.45) is 1.93. The van der Waals surface area contributed by atoms with E-state index in [4.69, 9.17) is 0 Å². The lowest BCUT2D eigenvalue weighted by Crippen LogP contribution is -2.10. The molecule has 2 heteroatoms. The molecule has 0 aliphatic rings. The monoisotopic (exact) mass is 217 g/mol. The van der Waals surface area contributed by atoms with Gasteiger partial charge in [0.25, 0.3) is 0 Å². The molecule has 0 N–H and O–H groups in total. The Bertz CT molecular complexity index is 430. The van der Waals surface area contributed by atoms with Crippen molar-refractivity contribution in [3.05, 3.63) is 34.9 Å². The van der Waals surface area contributed by atoms with Crippen molar-refractivity contribution in [2.24, 2.45) is 0 Å². The zero-order valence-corrected chi connectivity index (χ0v) is 10.7. The van der Waals surface area contributed by atoms with Gasteiger partial charge in [0.15, 0.2) is 5.78 Å². The van der Waals surface area contributed by atoms with Crippen LogP contribution in [0.25, 0.3) is 6.08 Å². The van der Waals surface area contributed by atoms with Crippen LogP contribution >= 0.6 is 0 Å². The third-order valence-corrected chi connectivity index (χ3v) is 2.64. The minimum absolute atomic E-state index is 0.120. The van der Waals surface area contributed by atoms with Crippen LogP contribution in [0.5, 0.6) is 0 Å². The van der Waals surface area contributed by atoms with Gasteiger partial charge >= 0.3 is 0 Å². The molecule has 0 aliphatic carbocycles. The van der Waals surface area contributed by atoms with E-state index in [0.717, 1.165) is 11.1 Å². The Kier molecular flexibility index (Phi) is 3.88. The molecule has 16 heavy (non-hydrogen) atoms. The van der Waals surface area contributed by atoms with Crippen LogP contribution < -0.4 is 4.90 Å². The van der Waals surface area contributed by atoms with Crippen molar-refractivity contribution in [1.82, 2.24) is 0 Å². The van der Waals surface area contributed by atoms with E-state index in [-0.39, 0.29) is 5.78 Å². The summed E-state index contributed by atoms with van der Waals surface area (Å²) in [5.74, 6) is 0.120. The number of aryl methyl sites for hydroxylation is 1. The maximum absolute atomic E-state index is 11.1. The number of anilines is 1. The van der Waals surface area contributed by atoms with Gasteiger partial charge in [0.1, 0.15) is 0 Å². The van der Waals surface area contributed by atoms with E-state index in [9.17, 15) is 4.79 Å². The normalized spacial score (nSPS) is 11.4. The van der Waals surface area contributed by atoms with Crippen LogP contribution in [0.2, 0.25) is 0 Å². The van der Waals surface area contributed by atoms with Crippen molar-refractivity contribution in [1.29, 1.82) is 0 Å². The van der Waals surface area contributed by atoms with E-state index in [2.05, 4.69) is 24.0 Å². The minimum atomic E-state index is 0.120. The zero-order chi connectivity index (χ0) is 12.3.